The number of piperazine rings is 1. The van der Waals surface area contributed by atoms with Crippen molar-refractivity contribution in [2.75, 3.05) is 37.9 Å². The molecule has 6 rings (SSSR count). The van der Waals surface area contributed by atoms with Gasteiger partial charge in [0.25, 0.3) is 0 Å². The second kappa shape index (κ2) is 8.98. The molecule has 2 aromatic carbocycles. The summed E-state index contributed by atoms with van der Waals surface area (Å²) in [6, 6.07) is 20.3. The van der Waals surface area contributed by atoms with Crippen molar-refractivity contribution >= 4 is 17.2 Å². The number of pyridine rings is 1. The van der Waals surface area contributed by atoms with Gasteiger partial charge < -0.3 is 23.7 Å². The molecule has 0 aliphatic carbocycles. The molecule has 35 heavy (non-hydrogen) atoms. The minimum atomic E-state index is -0.149. The molecule has 178 valence electrons. The Morgan fingerprint density at radius 1 is 0.971 bits per heavy atom. The summed E-state index contributed by atoms with van der Waals surface area (Å²) < 4.78 is 13.2. The molecule has 2 aromatic heterocycles. The van der Waals surface area contributed by atoms with Crippen LogP contribution >= 0.6 is 0 Å². The lowest BCUT2D eigenvalue weighted by molar-refractivity contribution is -0.131. The first kappa shape index (κ1) is 21.5. The van der Waals surface area contributed by atoms with E-state index in [0.29, 0.717) is 19.5 Å². The van der Waals surface area contributed by atoms with Crippen LogP contribution < -0.4 is 14.4 Å². The molecule has 2 aliphatic heterocycles. The van der Waals surface area contributed by atoms with Crippen LogP contribution in [0.2, 0.25) is 0 Å². The van der Waals surface area contributed by atoms with Gasteiger partial charge in [-0.25, -0.2) is 4.98 Å². The summed E-state index contributed by atoms with van der Waals surface area (Å²) in [5, 5.41) is 0. The number of para-hydroxylation sites is 1. The molecule has 0 N–H and O–H groups in total. The van der Waals surface area contributed by atoms with Crippen molar-refractivity contribution in [3.8, 4) is 11.5 Å². The number of fused-ring (bicyclic) bond motifs is 2. The van der Waals surface area contributed by atoms with Crippen molar-refractivity contribution in [3.63, 3.8) is 0 Å². The minimum Gasteiger partial charge on any atom is -0.454 e. The van der Waals surface area contributed by atoms with Crippen LogP contribution in [0.15, 0.2) is 73.1 Å². The van der Waals surface area contributed by atoms with E-state index < -0.39 is 0 Å². The number of amides is 1. The van der Waals surface area contributed by atoms with Crippen molar-refractivity contribution in [2.24, 2.45) is 0 Å². The zero-order chi connectivity index (χ0) is 23.8. The van der Waals surface area contributed by atoms with E-state index in [4.69, 9.17) is 9.47 Å². The average molecular weight is 469 g/mol. The summed E-state index contributed by atoms with van der Waals surface area (Å²) in [7, 11) is 0. The van der Waals surface area contributed by atoms with Gasteiger partial charge in [0.05, 0.1) is 5.69 Å². The normalized spacial score (nSPS) is 16.0. The van der Waals surface area contributed by atoms with Crippen LogP contribution in [-0.4, -0.2) is 53.2 Å². The highest BCUT2D eigenvalue weighted by Crippen LogP contribution is 2.38. The third-order valence-corrected chi connectivity index (χ3v) is 7.07. The summed E-state index contributed by atoms with van der Waals surface area (Å²) in [5.41, 5.74) is 5.40. The Bertz CT molecular complexity index is 1370. The number of carbonyl (C=O) groups is 1. The number of hydrogen-bond acceptors (Lipinski definition) is 5. The van der Waals surface area contributed by atoms with Gasteiger partial charge in [0.2, 0.25) is 12.7 Å². The third kappa shape index (κ3) is 4.07. The molecule has 1 unspecified atom stereocenters. The van der Waals surface area contributed by atoms with Crippen LogP contribution in [0, 0.1) is 6.92 Å². The van der Waals surface area contributed by atoms with Crippen LogP contribution in [0.25, 0.3) is 5.65 Å². The second-order valence-electron chi connectivity index (χ2n) is 9.14. The van der Waals surface area contributed by atoms with E-state index in [1.54, 1.807) is 0 Å². The predicted octanol–water partition coefficient (Wildman–Crippen LogP) is 4.24. The first-order valence-electron chi connectivity index (χ1n) is 12.1. The van der Waals surface area contributed by atoms with Crippen molar-refractivity contribution < 1.29 is 14.3 Å². The zero-order valence-corrected chi connectivity index (χ0v) is 19.8. The van der Waals surface area contributed by atoms with E-state index in [1.165, 1.54) is 11.3 Å². The Kier molecular flexibility index (Phi) is 5.52. The topological polar surface area (TPSA) is 59.3 Å². The fraction of sp³-hybridized carbons (Fsp3) is 0.286. The lowest BCUT2D eigenvalue weighted by atomic mass is 9.91. The average Bonchev–Trinajstić information content (AvgIpc) is 3.54. The number of benzene rings is 2. The van der Waals surface area contributed by atoms with Crippen molar-refractivity contribution in [1.29, 1.82) is 0 Å². The molecule has 0 spiro atoms. The van der Waals surface area contributed by atoms with Crippen LogP contribution in [0.4, 0.5) is 5.69 Å². The lowest BCUT2D eigenvalue weighted by Crippen LogP contribution is -2.49. The van der Waals surface area contributed by atoms with Crippen molar-refractivity contribution in [1.82, 2.24) is 14.3 Å². The number of anilines is 1. The first-order valence-corrected chi connectivity index (χ1v) is 12.1. The number of rotatable bonds is 5. The van der Waals surface area contributed by atoms with Crippen LogP contribution in [0.5, 0.6) is 11.5 Å². The number of hydrogen-bond donors (Lipinski definition) is 0. The molecular weight excluding hydrogens is 440 g/mol. The van der Waals surface area contributed by atoms with E-state index in [-0.39, 0.29) is 18.6 Å². The van der Waals surface area contributed by atoms with E-state index in [1.807, 2.05) is 53.7 Å². The van der Waals surface area contributed by atoms with Gasteiger partial charge in [-0.2, -0.15) is 0 Å². The number of nitrogens with zero attached hydrogens (tertiary/aromatic N) is 4. The fourth-order valence-corrected chi connectivity index (χ4v) is 5.15. The van der Waals surface area contributed by atoms with Gasteiger partial charge in [-0.05, 0) is 48.4 Å². The predicted molar refractivity (Wildman–Crippen MR) is 134 cm³/mol. The molecule has 0 saturated carbocycles. The molecule has 7 nitrogen and oxygen atoms in total. The molecule has 1 amide bonds. The highest BCUT2D eigenvalue weighted by molar-refractivity contribution is 5.78. The van der Waals surface area contributed by atoms with Gasteiger partial charge in [0.1, 0.15) is 5.65 Å². The molecule has 1 fully saturated rings. The smallest absolute Gasteiger partial charge is 0.231 e. The van der Waals surface area contributed by atoms with E-state index in [2.05, 4.69) is 45.5 Å². The lowest BCUT2D eigenvalue weighted by Gasteiger charge is -2.37. The number of aromatic nitrogens is 2. The van der Waals surface area contributed by atoms with Gasteiger partial charge in [-0.3, -0.25) is 4.79 Å². The first-order chi connectivity index (χ1) is 17.2. The van der Waals surface area contributed by atoms with Gasteiger partial charge in [0, 0.05) is 56.6 Å². The largest absolute Gasteiger partial charge is 0.454 e. The Labute approximate surface area is 204 Å². The zero-order valence-electron chi connectivity index (χ0n) is 19.8. The number of carbonyl (C=O) groups excluding carboxylic acids is 1. The van der Waals surface area contributed by atoms with Crippen LogP contribution in [0.3, 0.4) is 0 Å². The summed E-state index contributed by atoms with van der Waals surface area (Å²) in [5.74, 6) is 1.47. The fourth-order valence-electron chi connectivity index (χ4n) is 5.15. The minimum absolute atomic E-state index is 0.149. The quantitative estimate of drug-likeness (QED) is 0.439. The molecule has 4 aromatic rings. The van der Waals surface area contributed by atoms with Crippen LogP contribution in [0.1, 0.15) is 29.2 Å². The Morgan fingerprint density at radius 2 is 1.77 bits per heavy atom. The van der Waals surface area contributed by atoms with Gasteiger partial charge in [-0.15, -0.1) is 0 Å². The Morgan fingerprint density at radius 3 is 2.63 bits per heavy atom. The maximum atomic E-state index is 13.6. The van der Waals surface area contributed by atoms with E-state index >= 15 is 0 Å². The van der Waals surface area contributed by atoms with Crippen LogP contribution in [-0.2, 0) is 4.79 Å². The highest BCUT2D eigenvalue weighted by Gasteiger charge is 2.28. The second-order valence-corrected chi connectivity index (χ2v) is 9.14. The molecule has 0 bridgehead atoms. The summed E-state index contributed by atoms with van der Waals surface area (Å²) in [6.45, 7) is 5.46. The summed E-state index contributed by atoms with van der Waals surface area (Å²) in [6.07, 6.45) is 4.25. The standard InChI is InChI=1S/C28H28N4O3/c1-20-6-2-3-7-23(20)30-12-14-31(15-13-30)28(33)17-22(21-9-10-25-26(16-21)35-19-34-25)24-18-29-27-8-4-5-11-32(24)27/h2-11,16,18,22H,12-15,17,19H2,1H3. The monoisotopic (exact) mass is 468 g/mol. The molecular formula is C28H28N4O3. The van der Waals surface area contributed by atoms with Crippen molar-refractivity contribution in [2.45, 2.75) is 19.3 Å². The maximum Gasteiger partial charge on any atom is 0.231 e. The third-order valence-electron chi connectivity index (χ3n) is 7.07. The molecule has 7 heteroatoms. The van der Waals surface area contributed by atoms with E-state index in [0.717, 1.165) is 41.5 Å². The Hall–Kier alpha value is -4.00. The SMILES string of the molecule is Cc1ccccc1N1CCN(C(=O)CC(c2ccc3c(c2)OCO3)c2cnc3ccccn23)CC1. The number of aryl methyl sites for hydroxylation is 1. The van der Waals surface area contributed by atoms with E-state index in [9.17, 15) is 4.79 Å². The molecule has 4 heterocycles. The van der Waals surface area contributed by atoms with Gasteiger partial charge in [0.15, 0.2) is 11.5 Å². The van der Waals surface area contributed by atoms with Crippen molar-refractivity contribution in [3.05, 3.63) is 89.9 Å². The Balaban J connectivity index is 1.25. The highest BCUT2D eigenvalue weighted by atomic mass is 16.7. The molecule has 1 atom stereocenters. The molecule has 2 aliphatic rings. The molecule has 1 saturated heterocycles. The van der Waals surface area contributed by atoms with Gasteiger partial charge >= 0.3 is 0 Å². The summed E-state index contributed by atoms with van der Waals surface area (Å²) >= 11 is 0. The maximum absolute atomic E-state index is 13.6. The summed E-state index contributed by atoms with van der Waals surface area (Å²) in [4.78, 5) is 22.5. The van der Waals surface area contributed by atoms with Gasteiger partial charge in [-0.1, -0.05) is 30.3 Å². The molecule has 0 radical (unpaired) electrons. The number of imidazole rings is 1. The number of ether oxygens (including phenoxy) is 2.